The van der Waals surface area contributed by atoms with E-state index in [1.54, 1.807) is 0 Å². The first kappa shape index (κ1) is 8.63. The van der Waals surface area contributed by atoms with Gasteiger partial charge in [-0.25, -0.2) is 15.3 Å². The number of fused-ring (bicyclic) bond motifs is 1. The molecule has 0 amide bonds. The van der Waals surface area contributed by atoms with Gasteiger partial charge in [-0.3, -0.25) is 0 Å². The number of aromatic amines is 1. The van der Waals surface area contributed by atoms with Gasteiger partial charge in [-0.2, -0.15) is 0 Å². The number of hydrogen-bond donors (Lipinski definition) is 2. The lowest BCUT2D eigenvalue weighted by atomic mass is 10.2. The lowest BCUT2D eigenvalue weighted by molar-refractivity contribution is 0.629. The molecule has 2 rings (SSSR count). The Morgan fingerprint density at radius 1 is 1.31 bits per heavy atom. The Bertz CT molecular complexity index is 433. The van der Waals surface area contributed by atoms with Gasteiger partial charge in [-0.15, -0.1) is 0 Å². The van der Waals surface area contributed by atoms with E-state index in [4.69, 9.17) is 0 Å². The number of hydrogen-bond acceptors (Lipinski definition) is 0. The van der Waals surface area contributed by atoms with Crippen molar-refractivity contribution in [1.82, 2.24) is 4.98 Å². The van der Waals surface area contributed by atoms with Crippen molar-refractivity contribution in [2.75, 3.05) is 12.5 Å². The fourth-order valence-electron chi connectivity index (χ4n) is 1.45. The first-order valence-electron chi connectivity index (χ1n) is 4.12. The van der Waals surface area contributed by atoms with E-state index in [0.717, 1.165) is 10.9 Å². The van der Waals surface area contributed by atoms with Crippen molar-refractivity contribution in [2.24, 2.45) is 0 Å². The van der Waals surface area contributed by atoms with Crippen LogP contribution in [0.5, 0.6) is 0 Å². The molecule has 1 aromatic heterocycles. The predicted molar refractivity (Wildman–Crippen MR) is 57.4 cm³/mol. The summed E-state index contributed by atoms with van der Waals surface area (Å²) >= 11 is 0. The van der Waals surface area contributed by atoms with Gasteiger partial charge < -0.3 is 4.98 Å². The van der Waals surface area contributed by atoms with Crippen LogP contribution in [0.2, 0.25) is 0 Å². The van der Waals surface area contributed by atoms with E-state index >= 15 is 0 Å². The van der Waals surface area contributed by atoms with Gasteiger partial charge in [0, 0.05) is 22.0 Å². The average molecular weight is 197 g/mol. The third-order valence-corrected chi connectivity index (χ3v) is 3.44. The highest BCUT2D eigenvalue weighted by molar-refractivity contribution is 8.16. The van der Waals surface area contributed by atoms with Crippen LogP contribution in [0.4, 0.5) is 4.39 Å². The van der Waals surface area contributed by atoms with Gasteiger partial charge in [0.05, 0.1) is 0 Å². The second-order valence-electron chi connectivity index (χ2n) is 3.26. The highest BCUT2D eigenvalue weighted by Gasteiger charge is 2.04. The molecule has 3 heteroatoms. The molecule has 0 spiro atoms. The van der Waals surface area contributed by atoms with E-state index < -0.39 is 0 Å². The fraction of sp³-hybridized carbons (Fsp3) is 0.200. The van der Waals surface area contributed by atoms with Crippen LogP contribution in [0.3, 0.4) is 0 Å². The van der Waals surface area contributed by atoms with Crippen molar-refractivity contribution in [3.05, 3.63) is 30.2 Å². The normalized spacial score (nSPS) is 12.1. The monoisotopic (exact) mass is 197 g/mol. The molecule has 1 aromatic carbocycles. The quantitative estimate of drug-likeness (QED) is 0.654. The maximum Gasteiger partial charge on any atom is 0.125 e. The SMILES string of the molecule is C[SH](C)c1c[nH]c2cc(F)ccc12. The largest absolute Gasteiger partial charge is 0.360 e. The molecule has 1 nitrogen and oxygen atoms in total. The third kappa shape index (κ3) is 1.44. The standard InChI is InChI=1S/C10H12FNS/c1-13(2)10-6-12-9-5-7(11)3-4-8(9)10/h3-6,12-13H,1-2H3. The number of H-pyrrole nitrogens is 1. The number of nitrogens with one attached hydrogen (secondary N) is 1. The number of rotatable bonds is 1. The van der Waals surface area contributed by atoms with E-state index in [-0.39, 0.29) is 16.7 Å². The van der Waals surface area contributed by atoms with E-state index in [9.17, 15) is 4.39 Å². The Hall–Kier alpha value is -0.960. The molecule has 0 radical (unpaired) electrons. The zero-order chi connectivity index (χ0) is 9.42. The van der Waals surface area contributed by atoms with E-state index in [1.165, 1.54) is 17.0 Å². The Kier molecular flexibility index (Phi) is 2.04. The Morgan fingerprint density at radius 3 is 2.77 bits per heavy atom. The molecule has 1 heterocycles. The first-order chi connectivity index (χ1) is 6.18. The van der Waals surface area contributed by atoms with Crippen molar-refractivity contribution in [3.8, 4) is 0 Å². The summed E-state index contributed by atoms with van der Waals surface area (Å²) in [5.41, 5.74) is 0.895. The van der Waals surface area contributed by atoms with Gasteiger partial charge in [0.1, 0.15) is 5.82 Å². The average Bonchev–Trinajstić information content (AvgIpc) is 2.46. The molecule has 0 unspecified atom stereocenters. The van der Waals surface area contributed by atoms with Crippen molar-refractivity contribution in [3.63, 3.8) is 0 Å². The van der Waals surface area contributed by atoms with Crippen LogP contribution in [-0.2, 0) is 0 Å². The maximum atomic E-state index is 12.8. The van der Waals surface area contributed by atoms with Gasteiger partial charge in [0.25, 0.3) is 0 Å². The molecule has 2 aromatic rings. The molecule has 0 atom stereocenters. The van der Waals surface area contributed by atoms with E-state index in [1.807, 2.05) is 12.3 Å². The van der Waals surface area contributed by atoms with Crippen molar-refractivity contribution >= 4 is 21.8 Å². The van der Waals surface area contributed by atoms with Crippen LogP contribution in [0.1, 0.15) is 0 Å². The molecule has 0 aliphatic heterocycles. The molecule has 1 N–H and O–H groups in total. The van der Waals surface area contributed by atoms with Crippen molar-refractivity contribution in [2.45, 2.75) is 4.90 Å². The minimum atomic E-state index is -0.183. The van der Waals surface area contributed by atoms with E-state index in [0.29, 0.717) is 0 Å². The Morgan fingerprint density at radius 2 is 2.08 bits per heavy atom. The van der Waals surface area contributed by atoms with Gasteiger partial charge in [0.15, 0.2) is 0 Å². The smallest absolute Gasteiger partial charge is 0.125 e. The van der Waals surface area contributed by atoms with Gasteiger partial charge in [-0.1, -0.05) is 0 Å². The van der Waals surface area contributed by atoms with Crippen LogP contribution in [0, 0.1) is 5.82 Å². The van der Waals surface area contributed by atoms with Gasteiger partial charge in [0.2, 0.25) is 0 Å². The van der Waals surface area contributed by atoms with Crippen molar-refractivity contribution in [1.29, 1.82) is 0 Å². The molecule has 0 aliphatic carbocycles. The molecular weight excluding hydrogens is 185 g/mol. The number of halogens is 1. The van der Waals surface area contributed by atoms with Gasteiger partial charge >= 0.3 is 0 Å². The lowest BCUT2D eigenvalue weighted by Gasteiger charge is -2.06. The summed E-state index contributed by atoms with van der Waals surface area (Å²) in [4.78, 5) is 4.40. The zero-order valence-electron chi connectivity index (χ0n) is 7.63. The van der Waals surface area contributed by atoms with Crippen molar-refractivity contribution < 1.29 is 4.39 Å². The van der Waals surface area contributed by atoms with Crippen LogP contribution in [0.15, 0.2) is 29.3 Å². The summed E-state index contributed by atoms with van der Waals surface area (Å²) in [6.07, 6.45) is 6.37. The van der Waals surface area contributed by atoms with E-state index in [2.05, 4.69) is 17.5 Å². The third-order valence-electron chi connectivity index (χ3n) is 2.10. The molecule has 0 saturated heterocycles. The molecule has 0 aliphatic rings. The number of thiol groups is 1. The molecule has 0 saturated carbocycles. The zero-order valence-corrected chi connectivity index (χ0v) is 8.53. The maximum absolute atomic E-state index is 12.8. The number of aromatic nitrogens is 1. The molecule has 70 valence electrons. The summed E-state index contributed by atoms with van der Waals surface area (Å²) < 4.78 is 12.8. The minimum absolute atomic E-state index is 0.122. The highest BCUT2D eigenvalue weighted by Crippen LogP contribution is 2.34. The summed E-state index contributed by atoms with van der Waals surface area (Å²) in [6, 6.07) is 4.90. The summed E-state index contributed by atoms with van der Waals surface area (Å²) in [7, 11) is -0.122. The van der Waals surface area contributed by atoms with Crippen LogP contribution >= 0.6 is 10.9 Å². The summed E-state index contributed by atoms with van der Waals surface area (Å²) in [5.74, 6) is -0.183. The van der Waals surface area contributed by atoms with Crippen LogP contribution in [0.25, 0.3) is 10.9 Å². The first-order valence-corrected chi connectivity index (χ1v) is 6.36. The topological polar surface area (TPSA) is 15.8 Å². The molecule has 0 bridgehead atoms. The van der Waals surface area contributed by atoms with Crippen LogP contribution in [-0.4, -0.2) is 17.5 Å². The summed E-state index contributed by atoms with van der Waals surface area (Å²) in [6.45, 7) is 0. The fourth-order valence-corrected chi connectivity index (χ4v) is 2.45. The summed E-state index contributed by atoms with van der Waals surface area (Å²) in [5, 5.41) is 1.15. The lowest BCUT2D eigenvalue weighted by Crippen LogP contribution is -1.76. The Labute approximate surface area is 79.3 Å². The van der Waals surface area contributed by atoms with Crippen LogP contribution < -0.4 is 0 Å². The second kappa shape index (κ2) is 3.07. The highest BCUT2D eigenvalue weighted by atomic mass is 32.2. The molecule has 13 heavy (non-hydrogen) atoms. The van der Waals surface area contributed by atoms with Gasteiger partial charge in [-0.05, 0) is 30.7 Å². The molecule has 0 fully saturated rings. The minimum Gasteiger partial charge on any atom is -0.360 e. The number of benzene rings is 1. The molecular formula is C10H12FNS. The second-order valence-corrected chi connectivity index (χ2v) is 5.53. The predicted octanol–water partition coefficient (Wildman–Crippen LogP) is 2.93. The Balaban J connectivity index is 2.69.